The molecule has 0 aliphatic heterocycles. The Morgan fingerprint density at radius 3 is 1.94 bits per heavy atom. The lowest BCUT2D eigenvalue weighted by Gasteiger charge is -2.34. The number of benzene rings is 2. The van der Waals surface area contributed by atoms with E-state index in [-0.39, 0.29) is 5.92 Å². The Labute approximate surface area is 207 Å². The molecule has 2 aromatic rings. The van der Waals surface area contributed by atoms with Gasteiger partial charge in [0.15, 0.2) is 0 Å². The first-order valence-electron chi connectivity index (χ1n) is 12.5. The molecule has 1 unspecified atom stereocenters. The minimum Gasteiger partial charge on any atom is -0.544 e. The minimum absolute atomic E-state index is 0.282. The highest BCUT2D eigenvalue weighted by atomic mass is 28.4. The van der Waals surface area contributed by atoms with Crippen LogP contribution in [-0.4, -0.2) is 42.3 Å². The molecule has 1 atom stereocenters. The summed E-state index contributed by atoms with van der Waals surface area (Å²) in [6.07, 6.45) is 1.06. The molecule has 2 aromatic carbocycles. The highest BCUT2D eigenvalue weighted by Crippen LogP contribution is 2.43. The molecule has 0 bridgehead atoms. The molecular weight excluding hydrogens is 438 g/mol. The summed E-state index contributed by atoms with van der Waals surface area (Å²) in [5.41, 5.74) is 8.01. The van der Waals surface area contributed by atoms with Crippen LogP contribution in [0.15, 0.2) is 30.3 Å². The summed E-state index contributed by atoms with van der Waals surface area (Å²) < 4.78 is 12.6. The Balaban J connectivity index is 2.74. The Morgan fingerprint density at radius 2 is 1.45 bits per heavy atom. The van der Waals surface area contributed by atoms with Gasteiger partial charge in [0.05, 0.1) is 6.61 Å². The van der Waals surface area contributed by atoms with Crippen molar-refractivity contribution >= 4 is 18.8 Å². The maximum atomic E-state index is 6.86. The third kappa shape index (κ3) is 7.04. The molecule has 0 spiro atoms. The average molecular weight is 486 g/mol. The first-order chi connectivity index (χ1) is 15.4. The van der Waals surface area contributed by atoms with E-state index in [1.165, 1.54) is 33.4 Å². The SMILES string of the molecule is Cc1c(C)c(O[Si](C)(C)C)c(C(CCN(C(C)C)C(C)C)c2ccccc2)c(C)c1CO[SiH3]. The largest absolute Gasteiger partial charge is 0.544 e. The number of nitrogens with zero attached hydrogens (tertiary/aromatic N) is 1. The molecule has 0 saturated heterocycles. The third-order valence-electron chi connectivity index (χ3n) is 6.71. The summed E-state index contributed by atoms with van der Waals surface area (Å²) in [5, 5.41) is 0. The number of hydrogen-bond acceptors (Lipinski definition) is 3. The first-order valence-corrected chi connectivity index (χ1v) is 16.7. The summed E-state index contributed by atoms with van der Waals surface area (Å²) in [6.45, 7) is 24.6. The lowest BCUT2D eigenvalue weighted by molar-refractivity contribution is 0.170. The molecule has 0 aromatic heterocycles. The summed E-state index contributed by atoms with van der Waals surface area (Å²) in [5.74, 6) is 1.40. The predicted molar refractivity (Wildman–Crippen MR) is 149 cm³/mol. The van der Waals surface area contributed by atoms with Gasteiger partial charge in [-0.05, 0) is 109 Å². The second-order valence-corrected chi connectivity index (χ2v) is 15.9. The van der Waals surface area contributed by atoms with E-state index in [1.54, 1.807) is 0 Å². The molecule has 0 amide bonds. The second kappa shape index (κ2) is 11.8. The molecule has 0 N–H and O–H groups in total. The van der Waals surface area contributed by atoms with Crippen molar-refractivity contribution in [2.75, 3.05) is 6.54 Å². The van der Waals surface area contributed by atoms with Gasteiger partial charge in [-0.15, -0.1) is 0 Å². The first kappa shape index (κ1) is 27.8. The maximum Gasteiger partial charge on any atom is 0.242 e. The van der Waals surface area contributed by atoms with Gasteiger partial charge in [-0.3, -0.25) is 4.90 Å². The number of hydrogen-bond donors (Lipinski definition) is 0. The van der Waals surface area contributed by atoms with Crippen molar-refractivity contribution in [3.05, 3.63) is 63.7 Å². The van der Waals surface area contributed by atoms with Crippen LogP contribution in [0.4, 0.5) is 0 Å². The highest BCUT2D eigenvalue weighted by Gasteiger charge is 2.29. The van der Waals surface area contributed by atoms with E-state index in [1.807, 2.05) is 0 Å². The van der Waals surface area contributed by atoms with Crippen molar-refractivity contribution in [2.45, 2.75) is 99.1 Å². The van der Waals surface area contributed by atoms with Crippen molar-refractivity contribution in [1.82, 2.24) is 4.90 Å². The standard InChI is InChI=1S/C28H47NO2Si2/c1-19(2)29(20(3)4)17-16-25(24-14-12-11-13-15-24)27-23(7)26(18-30-32)21(5)22(6)28(27)31-33(8,9)10/h11-15,19-20,25H,16-18H2,1-10,32H3. The van der Waals surface area contributed by atoms with Gasteiger partial charge in [0.1, 0.15) is 16.2 Å². The molecule has 0 saturated carbocycles. The lowest BCUT2D eigenvalue weighted by Crippen LogP contribution is -2.38. The smallest absolute Gasteiger partial charge is 0.242 e. The quantitative estimate of drug-likeness (QED) is 0.350. The fourth-order valence-corrected chi connectivity index (χ4v) is 6.15. The van der Waals surface area contributed by atoms with Gasteiger partial charge in [0.25, 0.3) is 0 Å². The van der Waals surface area contributed by atoms with E-state index in [4.69, 9.17) is 8.85 Å². The topological polar surface area (TPSA) is 21.7 Å². The van der Waals surface area contributed by atoms with E-state index < -0.39 is 8.32 Å². The zero-order valence-corrected chi connectivity index (χ0v) is 26.0. The molecule has 0 aliphatic rings. The molecule has 0 aliphatic carbocycles. The summed E-state index contributed by atoms with van der Waals surface area (Å²) in [7, 11) is -1.06. The molecule has 5 heteroatoms. The zero-order valence-electron chi connectivity index (χ0n) is 23.0. The molecule has 184 valence electrons. The van der Waals surface area contributed by atoms with Crippen LogP contribution in [0.2, 0.25) is 19.6 Å². The van der Waals surface area contributed by atoms with Crippen molar-refractivity contribution < 1.29 is 8.85 Å². The van der Waals surface area contributed by atoms with Gasteiger partial charge in [0, 0.05) is 23.6 Å². The molecule has 2 rings (SSSR count). The third-order valence-corrected chi connectivity index (χ3v) is 7.81. The Hall–Kier alpha value is -1.41. The van der Waals surface area contributed by atoms with E-state index in [0.29, 0.717) is 18.7 Å². The van der Waals surface area contributed by atoms with Gasteiger partial charge in [0.2, 0.25) is 8.32 Å². The molecule has 33 heavy (non-hydrogen) atoms. The van der Waals surface area contributed by atoms with Crippen molar-refractivity contribution in [1.29, 1.82) is 0 Å². The fraction of sp³-hybridized carbons (Fsp3) is 0.571. The molecular formula is C28H47NO2Si2. The van der Waals surface area contributed by atoms with E-state index in [0.717, 1.165) is 29.2 Å². The van der Waals surface area contributed by atoms with E-state index in [2.05, 4.69) is 103 Å². The van der Waals surface area contributed by atoms with Gasteiger partial charge < -0.3 is 8.85 Å². The zero-order chi connectivity index (χ0) is 24.9. The van der Waals surface area contributed by atoms with Crippen LogP contribution >= 0.6 is 0 Å². The monoisotopic (exact) mass is 485 g/mol. The van der Waals surface area contributed by atoms with Crippen molar-refractivity contribution in [3.63, 3.8) is 0 Å². The van der Waals surface area contributed by atoms with Crippen LogP contribution in [0.5, 0.6) is 5.75 Å². The fourth-order valence-electron chi connectivity index (χ4n) is 4.98. The lowest BCUT2D eigenvalue weighted by atomic mass is 9.81. The summed E-state index contributed by atoms with van der Waals surface area (Å²) in [4.78, 5) is 2.60. The van der Waals surface area contributed by atoms with E-state index in [9.17, 15) is 0 Å². The van der Waals surface area contributed by atoms with Crippen LogP contribution in [0, 0.1) is 20.8 Å². The van der Waals surface area contributed by atoms with Crippen LogP contribution in [0.1, 0.15) is 73.4 Å². The van der Waals surface area contributed by atoms with Crippen molar-refractivity contribution in [3.8, 4) is 5.75 Å². The van der Waals surface area contributed by atoms with Gasteiger partial charge in [-0.2, -0.15) is 0 Å². The maximum absolute atomic E-state index is 6.86. The normalized spacial score (nSPS) is 13.4. The Kier molecular flexibility index (Phi) is 9.98. The Bertz CT molecular complexity index is 897. The molecule has 3 nitrogen and oxygen atoms in total. The van der Waals surface area contributed by atoms with E-state index >= 15 is 0 Å². The van der Waals surface area contributed by atoms with Crippen molar-refractivity contribution in [2.24, 2.45) is 0 Å². The second-order valence-electron chi connectivity index (χ2n) is 10.9. The van der Waals surface area contributed by atoms with Gasteiger partial charge in [-0.25, -0.2) is 0 Å². The van der Waals surface area contributed by atoms with Crippen LogP contribution in [-0.2, 0) is 11.0 Å². The Morgan fingerprint density at radius 1 is 0.879 bits per heavy atom. The minimum atomic E-state index is -1.80. The van der Waals surface area contributed by atoms with Crippen LogP contribution < -0.4 is 4.43 Å². The highest BCUT2D eigenvalue weighted by molar-refractivity contribution is 6.70. The summed E-state index contributed by atoms with van der Waals surface area (Å²) in [6, 6.07) is 12.1. The molecule has 0 heterocycles. The van der Waals surface area contributed by atoms with Gasteiger partial charge >= 0.3 is 0 Å². The predicted octanol–water partition coefficient (Wildman–Crippen LogP) is 6.26. The molecule has 0 fully saturated rings. The summed E-state index contributed by atoms with van der Waals surface area (Å²) >= 11 is 0. The molecule has 0 radical (unpaired) electrons. The number of rotatable bonds is 11. The van der Waals surface area contributed by atoms with Crippen LogP contribution in [0.3, 0.4) is 0 Å². The van der Waals surface area contributed by atoms with Crippen LogP contribution in [0.25, 0.3) is 0 Å². The van der Waals surface area contributed by atoms with Gasteiger partial charge in [-0.1, -0.05) is 30.3 Å². The average Bonchev–Trinajstić information content (AvgIpc) is 2.73.